The van der Waals surface area contributed by atoms with E-state index in [1.807, 2.05) is 24.3 Å². The third-order valence-corrected chi connectivity index (χ3v) is 7.60. The molecule has 1 saturated heterocycles. The second kappa shape index (κ2) is 9.21. The Morgan fingerprint density at radius 2 is 1.65 bits per heavy atom. The fourth-order valence-corrected chi connectivity index (χ4v) is 5.15. The average Bonchev–Trinajstić information content (AvgIpc) is 2.75. The minimum absolute atomic E-state index is 0.0377. The molecule has 31 heavy (non-hydrogen) atoms. The molecule has 0 atom stereocenters. The first-order valence-electron chi connectivity index (χ1n) is 10.5. The molecule has 2 aromatic carbocycles. The maximum atomic E-state index is 13.0. The number of benzene rings is 2. The zero-order valence-corrected chi connectivity index (χ0v) is 19.1. The van der Waals surface area contributed by atoms with Crippen LogP contribution in [0, 0.1) is 17.2 Å². The van der Waals surface area contributed by atoms with Crippen molar-refractivity contribution in [2.24, 2.45) is 5.92 Å². The summed E-state index contributed by atoms with van der Waals surface area (Å²) < 4.78 is 27.5. The van der Waals surface area contributed by atoms with Crippen molar-refractivity contribution in [2.75, 3.05) is 18.4 Å². The SMILES string of the molecule is CC(C)(C)c1ccc(S(=O)(=O)N2CCC(C(=O)Nc3ccc(CC#N)cc3)CC2)cc1. The zero-order chi connectivity index (χ0) is 22.6. The summed E-state index contributed by atoms with van der Waals surface area (Å²) in [5, 5.41) is 11.6. The van der Waals surface area contributed by atoms with Crippen molar-refractivity contribution < 1.29 is 13.2 Å². The van der Waals surface area contributed by atoms with E-state index in [-0.39, 0.29) is 17.2 Å². The van der Waals surface area contributed by atoms with E-state index in [2.05, 4.69) is 32.2 Å². The van der Waals surface area contributed by atoms with Gasteiger partial charge in [0.1, 0.15) is 0 Å². The smallest absolute Gasteiger partial charge is 0.243 e. The van der Waals surface area contributed by atoms with Gasteiger partial charge >= 0.3 is 0 Å². The Kier molecular flexibility index (Phi) is 6.83. The maximum Gasteiger partial charge on any atom is 0.243 e. The summed E-state index contributed by atoms with van der Waals surface area (Å²) in [6, 6.07) is 16.4. The minimum atomic E-state index is -3.57. The molecule has 6 nitrogen and oxygen atoms in total. The van der Waals surface area contributed by atoms with E-state index in [0.29, 0.717) is 42.9 Å². The molecule has 0 radical (unpaired) electrons. The van der Waals surface area contributed by atoms with E-state index < -0.39 is 10.0 Å². The van der Waals surface area contributed by atoms with Crippen LogP contribution in [-0.4, -0.2) is 31.7 Å². The molecule has 0 aliphatic carbocycles. The maximum absolute atomic E-state index is 13.0. The Morgan fingerprint density at radius 3 is 2.16 bits per heavy atom. The summed E-state index contributed by atoms with van der Waals surface area (Å²) in [4.78, 5) is 12.9. The van der Waals surface area contributed by atoms with Gasteiger partial charge in [0.25, 0.3) is 0 Å². The molecule has 0 bridgehead atoms. The summed E-state index contributed by atoms with van der Waals surface area (Å²) >= 11 is 0. The topological polar surface area (TPSA) is 90.3 Å². The third kappa shape index (κ3) is 5.52. The monoisotopic (exact) mass is 439 g/mol. The summed E-state index contributed by atoms with van der Waals surface area (Å²) in [7, 11) is -3.57. The number of nitriles is 1. The lowest BCUT2D eigenvalue weighted by molar-refractivity contribution is -0.120. The van der Waals surface area contributed by atoms with Gasteiger partial charge in [-0.15, -0.1) is 0 Å². The van der Waals surface area contributed by atoms with Crippen molar-refractivity contribution in [1.82, 2.24) is 4.31 Å². The Bertz CT molecular complexity index is 1060. The molecule has 1 fully saturated rings. The molecular weight excluding hydrogens is 410 g/mol. The average molecular weight is 440 g/mol. The molecule has 0 saturated carbocycles. The van der Waals surface area contributed by atoms with Crippen molar-refractivity contribution in [3.63, 3.8) is 0 Å². The molecule has 1 N–H and O–H groups in total. The van der Waals surface area contributed by atoms with Crippen LogP contribution in [0.25, 0.3) is 0 Å². The lowest BCUT2D eigenvalue weighted by atomic mass is 9.87. The van der Waals surface area contributed by atoms with E-state index in [9.17, 15) is 13.2 Å². The number of hydrogen-bond donors (Lipinski definition) is 1. The van der Waals surface area contributed by atoms with Gasteiger partial charge < -0.3 is 5.32 Å². The molecular formula is C24H29N3O3S. The summed E-state index contributed by atoms with van der Waals surface area (Å²) in [6.07, 6.45) is 1.30. The fourth-order valence-electron chi connectivity index (χ4n) is 3.68. The van der Waals surface area contributed by atoms with Crippen LogP contribution in [-0.2, 0) is 26.7 Å². The number of amides is 1. The highest BCUT2D eigenvalue weighted by Gasteiger charge is 2.32. The second-order valence-corrected chi connectivity index (χ2v) is 10.9. The Labute approximate surface area is 184 Å². The van der Waals surface area contributed by atoms with E-state index in [0.717, 1.165) is 11.1 Å². The van der Waals surface area contributed by atoms with E-state index in [1.165, 1.54) is 4.31 Å². The van der Waals surface area contributed by atoms with Crippen LogP contribution in [0.3, 0.4) is 0 Å². The van der Waals surface area contributed by atoms with Crippen molar-refractivity contribution in [3.8, 4) is 6.07 Å². The molecule has 1 aliphatic heterocycles. The van der Waals surface area contributed by atoms with Gasteiger partial charge in [0.05, 0.1) is 17.4 Å². The van der Waals surface area contributed by atoms with Crippen LogP contribution in [0.5, 0.6) is 0 Å². The highest BCUT2D eigenvalue weighted by atomic mass is 32.2. The van der Waals surface area contributed by atoms with Crippen molar-refractivity contribution in [2.45, 2.75) is 50.3 Å². The molecule has 1 amide bonds. The van der Waals surface area contributed by atoms with E-state index in [4.69, 9.17) is 5.26 Å². The molecule has 7 heteroatoms. The zero-order valence-electron chi connectivity index (χ0n) is 18.3. The summed E-state index contributed by atoms with van der Waals surface area (Å²) in [6.45, 7) is 6.91. The predicted molar refractivity (Wildman–Crippen MR) is 121 cm³/mol. The molecule has 1 aliphatic rings. The quantitative estimate of drug-likeness (QED) is 0.760. The van der Waals surface area contributed by atoms with Crippen molar-refractivity contribution in [3.05, 3.63) is 59.7 Å². The van der Waals surface area contributed by atoms with Crippen LogP contribution in [0.4, 0.5) is 5.69 Å². The van der Waals surface area contributed by atoms with Crippen molar-refractivity contribution >= 4 is 21.6 Å². The fraction of sp³-hybridized carbons (Fsp3) is 0.417. The Hall–Kier alpha value is -2.69. The first-order valence-corrected chi connectivity index (χ1v) is 11.9. The first kappa shape index (κ1) is 23.0. The van der Waals surface area contributed by atoms with Gasteiger partial charge in [-0.25, -0.2) is 8.42 Å². The Morgan fingerprint density at radius 1 is 1.06 bits per heavy atom. The number of hydrogen-bond acceptors (Lipinski definition) is 4. The lowest BCUT2D eigenvalue weighted by Gasteiger charge is -2.30. The van der Waals surface area contributed by atoms with Crippen molar-refractivity contribution in [1.29, 1.82) is 5.26 Å². The molecule has 2 aromatic rings. The molecule has 0 unspecified atom stereocenters. The van der Waals surface area contributed by atoms with Crippen LogP contribution < -0.4 is 5.32 Å². The van der Waals surface area contributed by atoms with Gasteiger partial charge in [-0.05, 0) is 53.6 Å². The van der Waals surface area contributed by atoms with E-state index in [1.54, 1.807) is 24.3 Å². The second-order valence-electron chi connectivity index (χ2n) is 8.97. The van der Waals surface area contributed by atoms with Gasteiger partial charge in [0.2, 0.25) is 15.9 Å². The number of nitrogens with zero attached hydrogens (tertiary/aromatic N) is 2. The highest BCUT2D eigenvalue weighted by molar-refractivity contribution is 7.89. The van der Waals surface area contributed by atoms with Gasteiger partial charge in [-0.2, -0.15) is 9.57 Å². The number of piperidine rings is 1. The van der Waals surface area contributed by atoms with Crippen LogP contribution in [0.1, 0.15) is 44.7 Å². The molecule has 3 rings (SSSR count). The van der Waals surface area contributed by atoms with Gasteiger partial charge in [-0.3, -0.25) is 4.79 Å². The minimum Gasteiger partial charge on any atom is -0.326 e. The number of anilines is 1. The number of nitrogens with one attached hydrogen (secondary N) is 1. The Balaban J connectivity index is 1.59. The molecule has 0 aromatic heterocycles. The highest BCUT2D eigenvalue weighted by Crippen LogP contribution is 2.27. The summed E-state index contributed by atoms with van der Waals surface area (Å²) in [5.41, 5.74) is 2.63. The van der Waals surface area contributed by atoms with Gasteiger partial charge in [0, 0.05) is 24.7 Å². The van der Waals surface area contributed by atoms with Crippen LogP contribution in [0.2, 0.25) is 0 Å². The molecule has 0 spiro atoms. The standard InChI is InChI=1S/C24H29N3O3S/c1-24(2,3)20-6-10-22(11-7-20)31(29,30)27-16-13-19(14-17-27)23(28)26-21-8-4-18(5-9-21)12-15-25/h4-11,19H,12-14,16-17H2,1-3H3,(H,26,28). The third-order valence-electron chi connectivity index (χ3n) is 5.69. The number of carbonyl (C=O) groups is 1. The van der Waals surface area contributed by atoms with Crippen LogP contribution in [0.15, 0.2) is 53.4 Å². The molecule has 164 valence electrons. The summed E-state index contributed by atoms with van der Waals surface area (Å²) in [5.74, 6) is -0.326. The molecule has 1 heterocycles. The number of sulfonamides is 1. The normalized spacial score (nSPS) is 15.9. The predicted octanol–water partition coefficient (Wildman–Crippen LogP) is 4.09. The van der Waals surface area contributed by atoms with E-state index >= 15 is 0 Å². The number of carbonyl (C=O) groups excluding carboxylic acids is 1. The van der Waals surface area contributed by atoms with Gasteiger partial charge in [0.15, 0.2) is 0 Å². The van der Waals surface area contributed by atoms with Gasteiger partial charge in [-0.1, -0.05) is 45.0 Å². The largest absolute Gasteiger partial charge is 0.326 e. The lowest BCUT2D eigenvalue weighted by Crippen LogP contribution is -2.41. The number of rotatable bonds is 5. The van der Waals surface area contributed by atoms with Crippen LogP contribution >= 0.6 is 0 Å². The first-order chi connectivity index (χ1) is 14.6.